The molecule has 1 aliphatic heterocycles. The average Bonchev–Trinajstić information content (AvgIpc) is 2.69. The maximum Gasteiger partial charge on any atom is 0.409 e. The number of nitrogens with zero attached hydrogens (tertiary/aromatic N) is 1. The molecule has 0 spiro atoms. The van der Waals surface area contributed by atoms with Crippen LogP contribution in [0.15, 0.2) is 48.5 Å². The number of methoxy groups -OCH3 is 1. The molecular formula is C21H25FN2O4S. The molecule has 0 unspecified atom stereocenters. The summed E-state index contributed by atoms with van der Waals surface area (Å²) in [4.78, 5) is 13.8. The lowest BCUT2D eigenvalue weighted by atomic mass is 9.90. The summed E-state index contributed by atoms with van der Waals surface area (Å²) in [5, 5.41) is 0. The van der Waals surface area contributed by atoms with E-state index >= 15 is 4.39 Å². The van der Waals surface area contributed by atoms with Crippen molar-refractivity contribution in [1.29, 1.82) is 0 Å². The molecule has 1 aliphatic rings. The summed E-state index contributed by atoms with van der Waals surface area (Å²) in [6, 6.07) is 13.3. The van der Waals surface area contributed by atoms with Gasteiger partial charge in [-0.25, -0.2) is 22.3 Å². The van der Waals surface area contributed by atoms with E-state index < -0.39 is 28.2 Å². The van der Waals surface area contributed by atoms with Gasteiger partial charge in [0.25, 0.3) is 0 Å². The van der Waals surface area contributed by atoms with Crippen molar-refractivity contribution in [1.82, 2.24) is 9.62 Å². The van der Waals surface area contributed by atoms with Crippen molar-refractivity contribution in [3.63, 3.8) is 0 Å². The van der Waals surface area contributed by atoms with E-state index in [2.05, 4.69) is 4.72 Å². The Labute approximate surface area is 170 Å². The Bertz CT molecular complexity index is 966. The molecule has 1 saturated heterocycles. The number of halogens is 1. The molecule has 1 amide bonds. The summed E-state index contributed by atoms with van der Waals surface area (Å²) in [6.45, 7) is 0.430. The SMILES string of the molecule is COC(=O)N1CCC[C@@H](NS(C)(=O)=O)[C@H]1Cc1cccc(-c2ccccc2)c1F. The van der Waals surface area contributed by atoms with Crippen molar-refractivity contribution in [3.8, 4) is 11.1 Å². The maximum atomic E-state index is 15.3. The van der Waals surface area contributed by atoms with Gasteiger partial charge in [-0.1, -0.05) is 48.5 Å². The summed E-state index contributed by atoms with van der Waals surface area (Å²) in [6.07, 6.45) is 1.90. The number of amides is 1. The van der Waals surface area contributed by atoms with Gasteiger partial charge in [0.05, 0.1) is 19.4 Å². The van der Waals surface area contributed by atoms with Gasteiger partial charge in [-0.05, 0) is 30.4 Å². The second-order valence-electron chi connectivity index (χ2n) is 7.22. The predicted octanol–water partition coefficient (Wildman–Crippen LogP) is 3.18. The summed E-state index contributed by atoms with van der Waals surface area (Å²) < 4.78 is 46.5. The zero-order valence-corrected chi connectivity index (χ0v) is 17.3. The first-order chi connectivity index (χ1) is 13.8. The van der Waals surface area contributed by atoms with Crippen LogP contribution < -0.4 is 4.72 Å². The first-order valence-corrected chi connectivity index (χ1v) is 11.3. The molecule has 29 heavy (non-hydrogen) atoms. The summed E-state index contributed by atoms with van der Waals surface area (Å²) >= 11 is 0. The third-order valence-electron chi connectivity index (χ3n) is 5.15. The van der Waals surface area contributed by atoms with Crippen molar-refractivity contribution in [2.45, 2.75) is 31.3 Å². The second kappa shape index (κ2) is 8.92. The Balaban J connectivity index is 1.96. The van der Waals surface area contributed by atoms with Gasteiger partial charge in [0, 0.05) is 18.2 Å². The lowest BCUT2D eigenvalue weighted by molar-refractivity contribution is 0.0790. The minimum atomic E-state index is -3.49. The molecule has 0 radical (unpaired) electrons. The van der Waals surface area contributed by atoms with Crippen LogP contribution in [0.3, 0.4) is 0 Å². The number of carbonyl (C=O) groups is 1. The first kappa shape index (κ1) is 21.3. The highest BCUT2D eigenvalue weighted by Gasteiger charge is 2.37. The van der Waals surface area contributed by atoms with E-state index in [4.69, 9.17) is 4.74 Å². The molecule has 0 bridgehead atoms. The molecule has 3 rings (SSSR count). The highest BCUT2D eigenvalue weighted by molar-refractivity contribution is 7.88. The Morgan fingerprint density at radius 2 is 1.93 bits per heavy atom. The Morgan fingerprint density at radius 3 is 2.59 bits per heavy atom. The van der Waals surface area contributed by atoms with Gasteiger partial charge >= 0.3 is 6.09 Å². The van der Waals surface area contributed by atoms with Gasteiger partial charge in [0.15, 0.2) is 0 Å². The quantitative estimate of drug-likeness (QED) is 0.806. The van der Waals surface area contributed by atoms with Crippen LogP contribution >= 0.6 is 0 Å². The number of benzene rings is 2. The lowest BCUT2D eigenvalue weighted by Gasteiger charge is -2.40. The van der Waals surface area contributed by atoms with Crippen molar-refractivity contribution in [2.24, 2.45) is 0 Å². The molecule has 0 aromatic heterocycles. The van der Waals surface area contributed by atoms with Crippen LogP contribution in [-0.4, -0.2) is 51.4 Å². The van der Waals surface area contributed by atoms with Crippen molar-refractivity contribution >= 4 is 16.1 Å². The summed E-state index contributed by atoms with van der Waals surface area (Å²) in [5.41, 5.74) is 1.65. The third kappa shape index (κ3) is 5.13. The number of likely N-dealkylation sites (tertiary alicyclic amines) is 1. The fourth-order valence-electron chi connectivity index (χ4n) is 3.87. The fourth-order valence-corrected chi connectivity index (χ4v) is 4.69. The second-order valence-corrected chi connectivity index (χ2v) is 9.00. The van der Waals surface area contributed by atoms with Gasteiger partial charge in [0.1, 0.15) is 5.82 Å². The Morgan fingerprint density at radius 1 is 1.21 bits per heavy atom. The van der Waals surface area contributed by atoms with Crippen LogP contribution in [0, 0.1) is 5.82 Å². The van der Waals surface area contributed by atoms with Gasteiger partial charge in [-0.2, -0.15) is 0 Å². The zero-order valence-electron chi connectivity index (χ0n) is 16.5. The van der Waals surface area contributed by atoms with Crippen molar-refractivity contribution in [3.05, 3.63) is 59.9 Å². The average molecular weight is 421 g/mol. The number of ether oxygens (including phenoxy) is 1. The number of hydrogen-bond acceptors (Lipinski definition) is 4. The van der Waals surface area contributed by atoms with E-state index in [-0.39, 0.29) is 12.2 Å². The van der Waals surface area contributed by atoms with Gasteiger partial charge < -0.3 is 9.64 Å². The molecule has 2 aromatic rings. The van der Waals surface area contributed by atoms with E-state index in [0.29, 0.717) is 30.5 Å². The molecule has 1 fully saturated rings. The predicted molar refractivity (Wildman–Crippen MR) is 109 cm³/mol. The number of piperidine rings is 1. The summed E-state index contributed by atoms with van der Waals surface area (Å²) in [5.74, 6) is -0.368. The minimum absolute atomic E-state index is 0.175. The largest absolute Gasteiger partial charge is 0.453 e. The van der Waals surface area contributed by atoms with Crippen molar-refractivity contribution < 1.29 is 22.3 Å². The first-order valence-electron chi connectivity index (χ1n) is 9.45. The monoisotopic (exact) mass is 420 g/mol. The van der Waals surface area contributed by atoms with E-state index in [0.717, 1.165) is 11.8 Å². The van der Waals surface area contributed by atoms with E-state index in [9.17, 15) is 13.2 Å². The fraction of sp³-hybridized carbons (Fsp3) is 0.381. The number of hydrogen-bond donors (Lipinski definition) is 1. The van der Waals surface area contributed by atoms with Crippen LogP contribution in [0.5, 0.6) is 0 Å². The highest BCUT2D eigenvalue weighted by Crippen LogP contribution is 2.28. The van der Waals surface area contributed by atoms with Crippen LogP contribution in [0.4, 0.5) is 9.18 Å². The number of rotatable bonds is 5. The number of nitrogens with one attached hydrogen (secondary N) is 1. The molecule has 0 saturated carbocycles. The van der Waals surface area contributed by atoms with E-state index in [1.54, 1.807) is 18.2 Å². The number of carbonyl (C=O) groups excluding carboxylic acids is 1. The normalized spacial score (nSPS) is 19.8. The van der Waals surface area contributed by atoms with Gasteiger partial charge in [-0.15, -0.1) is 0 Å². The maximum absolute atomic E-state index is 15.3. The highest BCUT2D eigenvalue weighted by atomic mass is 32.2. The molecule has 156 valence electrons. The Hall–Kier alpha value is -2.45. The minimum Gasteiger partial charge on any atom is -0.453 e. The standard InChI is InChI=1S/C21H25FN2O4S/c1-28-21(25)24-13-7-12-18(23-29(2,26)27)19(24)14-16-10-6-11-17(20(16)22)15-8-4-3-5-9-15/h3-6,8-11,18-19,23H,7,12-14H2,1-2H3/t18-,19-/m1/s1. The third-order valence-corrected chi connectivity index (χ3v) is 5.88. The molecule has 0 aliphatic carbocycles. The summed E-state index contributed by atoms with van der Waals surface area (Å²) in [7, 11) is -2.21. The van der Waals surface area contributed by atoms with Crippen LogP contribution in [0.1, 0.15) is 18.4 Å². The molecule has 1 N–H and O–H groups in total. The molecular weight excluding hydrogens is 395 g/mol. The van der Waals surface area contributed by atoms with Crippen LogP contribution in [-0.2, 0) is 21.2 Å². The van der Waals surface area contributed by atoms with E-state index in [1.807, 2.05) is 30.3 Å². The molecule has 6 nitrogen and oxygen atoms in total. The molecule has 8 heteroatoms. The van der Waals surface area contributed by atoms with Gasteiger partial charge in [0.2, 0.25) is 10.0 Å². The Kier molecular flexibility index (Phi) is 6.54. The van der Waals surface area contributed by atoms with Crippen LogP contribution in [0.2, 0.25) is 0 Å². The topological polar surface area (TPSA) is 75.7 Å². The lowest BCUT2D eigenvalue weighted by Crippen LogP contribution is -2.57. The van der Waals surface area contributed by atoms with Crippen molar-refractivity contribution in [2.75, 3.05) is 19.9 Å². The zero-order chi connectivity index (χ0) is 21.0. The molecule has 2 aromatic carbocycles. The molecule has 1 heterocycles. The van der Waals surface area contributed by atoms with Gasteiger partial charge in [-0.3, -0.25) is 0 Å². The van der Waals surface area contributed by atoms with E-state index in [1.165, 1.54) is 12.0 Å². The number of sulfonamides is 1. The van der Waals surface area contributed by atoms with Crippen LogP contribution in [0.25, 0.3) is 11.1 Å². The smallest absolute Gasteiger partial charge is 0.409 e. The molecule has 2 atom stereocenters.